The second-order valence-corrected chi connectivity index (χ2v) is 5.00. The van der Waals surface area contributed by atoms with Crippen LogP contribution in [0.1, 0.15) is 17.2 Å². The highest BCUT2D eigenvalue weighted by Crippen LogP contribution is 2.29. The highest BCUT2D eigenvalue weighted by molar-refractivity contribution is 7.99. The summed E-state index contributed by atoms with van der Waals surface area (Å²) in [6.45, 7) is 5.69. The van der Waals surface area contributed by atoms with E-state index in [1.807, 2.05) is 32.4 Å². The molecule has 2 aromatic rings. The summed E-state index contributed by atoms with van der Waals surface area (Å²) >= 11 is 7.43. The van der Waals surface area contributed by atoms with Crippen LogP contribution in [0.3, 0.4) is 0 Å². The van der Waals surface area contributed by atoms with Crippen molar-refractivity contribution in [3.05, 3.63) is 22.4 Å². The van der Waals surface area contributed by atoms with Crippen LogP contribution in [0.5, 0.6) is 0 Å². The van der Waals surface area contributed by atoms with Gasteiger partial charge in [-0.25, -0.2) is 9.97 Å². The van der Waals surface area contributed by atoms with Crippen LogP contribution in [0.2, 0.25) is 5.15 Å². The third-order valence-electron chi connectivity index (χ3n) is 2.48. The lowest BCUT2D eigenvalue weighted by Crippen LogP contribution is -1.98. The molecule has 0 unspecified atom stereocenters. The largest absolute Gasteiger partial charge is 0.309 e. The molecule has 0 amide bonds. The maximum Gasteiger partial charge on any atom is 0.197 e. The van der Waals surface area contributed by atoms with Gasteiger partial charge in [0.1, 0.15) is 10.9 Å². The van der Waals surface area contributed by atoms with Crippen LogP contribution in [-0.2, 0) is 7.05 Å². The van der Waals surface area contributed by atoms with Crippen LogP contribution in [0.25, 0.3) is 0 Å². The molecule has 5 nitrogen and oxygen atoms in total. The monoisotopic (exact) mass is 269 g/mol. The van der Waals surface area contributed by atoms with E-state index in [-0.39, 0.29) is 0 Å². The van der Waals surface area contributed by atoms with E-state index in [9.17, 15) is 0 Å². The molecule has 0 aliphatic rings. The Balaban J connectivity index is 2.36. The molecule has 0 spiro atoms. The zero-order valence-corrected chi connectivity index (χ0v) is 11.6. The molecule has 0 N–H and O–H groups in total. The Bertz CT molecular complexity index is 566. The van der Waals surface area contributed by atoms with Gasteiger partial charge in [0.15, 0.2) is 10.3 Å². The SMILES string of the molecule is Cc1nc(Cl)c(Sc2nnc(C)n2C)nc1C. The van der Waals surface area contributed by atoms with Crippen molar-refractivity contribution in [3.8, 4) is 0 Å². The summed E-state index contributed by atoms with van der Waals surface area (Å²) < 4.78 is 1.89. The zero-order valence-electron chi connectivity index (χ0n) is 10.0. The fourth-order valence-corrected chi connectivity index (χ4v) is 2.30. The van der Waals surface area contributed by atoms with Crippen LogP contribution >= 0.6 is 23.4 Å². The van der Waals surface area contributed by atoms with Gasteiger partial charge in [0.05, 0.1) is 11.4 Å². The molecule has 7 heteroatoms. The first kappa shape index (κ1) is 12.3. The van der Waals surface area contributed by atoms with Crippen LogP contribution in [0.15, 0.2) is 10.2 Å². The second kappa shape index (κ2) is 4.62. The van der Waals surface area contributed by atoms with Gasteiger partial charge < -0.3 is 4.57 Å². The van der Waals surface area contributed by atoms with Crippen molar-refractivity contribution in [2.75, 3.05) is 0 Å². The molecule has 2 aromatic heterocycles. The number of hydrogen-bond acceptors (Lipinski definition) is 5. The van der Waals surface area contributed by atoms with Crippen LogP contribution in [0.4, 0.5) is 0 Å². The lowest BCUT2D eigenvalue weighted by molar-refractivity contribution is 0.763. The summed E-state index contributed by atoms with van der Waals surface area (Å²) in [5.41, 5.74) is 1.71. The van der Waals surface area contributed by atoms with E-state index in [2.05, 4.69) is 20.2 Å². The summed E-state index contributed by atoms with van der Waals surface area (Å²) in [5, 5.41) is 9.85. The molecule has 0 saturated heterocycles. The Morgan fingerprint density at radius 3 is 2.29 bits per heavy atom. The molecule has 0 saturated carbocycles. The van der Waals surface area contributed by atoms with Crippen molar-refractivity contribution in [3.63, 3.8) is 0 Å². The van der Waals surface area contributed by atoms with E-state index in [4.69, 9.17) is 11.6 Å². The Kier molecular flexibility index (Phi) is 3.35. The van der Waals surface area contributed by atoms with E-state index in [1.165, 1.54) is 11.8 Å². The molecule has 0 radical (unpaired) electrons. The quantitative estimate of drug-likeness (QED) is 0.838. The minimum Gasteiger partial charge on any atom is -0.309 e. The molecule has 0 aliphatic carbocycles. The summed E-state index contributed by atoms with van der Waals surface area (Å²) in [6.07, 6.45) is 0. The highest BCUT2D eigenvalue weighted by atomic mass is 35.5. The first-order valence-electron chi connectivity index (χ1n) is 5.03. The Hall–Kier alpha value is -1.14. The van der Waals surface area contributed by atoms with Gasteiger partial charge in [0.2, 0.25) is 0 Å². The maximum atomic E-state index is 6.06. The van der Waals surface area contributed by atoms with E-state index in [0.29, 0.717) is 10.2 Å². The lowest BCUT2D eigenvalue weighted by Gasteiger charge is -2.05. The fourth-order valence-electron chi connectivity index (χ4n) is 1.18. The average molecular weight is 270 g/mol. The molecule has 0 aliphatic heterocycles. The highest BCUT2D eigenvalue weighted by Gasteiger charge is 2.13. The first-order valence-corrected chi connectivity index (χ1v) is 6.23. The first-order chi connectivity index (χ1) is 7.99. The minimum absolute atomic E-state index is 0.402. The van der Waals surface area contributed by atoms with Crippen molar-refractivity contribution >= 4 is 23.4 Å². The van der Waals surface area contributed by atoms with Crippen molar-refractivity contribution in [1.82, 2.24) is 24.7 Å². The summed E-state index contributed by atoms with van der Waals surface area (Å²) in [7, 11) is 1.90. The molecule has 17 heavy (non-hydrogen) atoms. The third kappa shape index (κ3) is 2.42. The molecule has 90 valence electrons. The number of halogens is 1. The van der Waals surface area contributed by atoms with Crippen molar-refractivity contribution < 1.29 is 0 Å². The van der Waals surface area contributed by atoms with Gasteiger partial charge in [0.25, 0.3) is 0 Å². The number of aryl methyl sites for hydroxylation is 3. The van der Waals surface area contributed by atoms with E-state index >= 15 is 0 Å². The molecule has 0 fully saturated rings. The van der Waals surface area contributed by atoms with E-state index in [1.54, 1.807) is 0 Å². The molecule has 0 bridgehead atoms. The van der Waals surface area contributed by atoms with Crippen LogP contribution in [0, 0.1) is 20.8 Å². The summed E-state index contributed by atoms with van der Waals surface area (Å²) in [6, 6.07) is 0. The van der Waals surface area contributed by atoms with Gasteiger partial charge in [-0.1, -0.05) is 11.6 Å². The predicted octanol–water partition coefficient (Wildman–Crippen LogP) is 2.33. The number of aromatic nitrogens is 5. The number of rotatable bonds is 2. The van der Waals surface area contributed by atoms with Gasteiger partial charge >= 0.3 is 0 Å². The maximum absolute atomic E-state index is 6.06. The van der Waals surface area contributed by atoms with Crippen molar-refractivity contribution in [2.24, 2.45) is 7.05 Å². The fraction of sp³-hybridized carbons (Fsp3) is 0.400. The number of hydrogen-bond donors (Lipinski definition) is 0. The second-order valence-electron chi connectivity index (χ2n) is 3.68. The average Bonchev–Trinajstić information content (AvgIpc) is 2.58. The summed E-state index contributed by atoms with van der Waals surface area (Å²) in [4.78, 5) is 8.64. The van der Waals surface area contributed by atoms with Gasteiger partial charge in [-0.15, -0.1) is 10.2 Å². The van der Waals surface area contributed by atoms with Gasteiger partial charge in [0, 0.05) is 7.05 Å². The van der Waals surface area contributed by atoms with Crippen LogP contribution < -0.4 is 0 Å². The standard InChI is InChI=1S/C10H12ClN5S/c1-5-6(2)13-9(8(11)12-5)17-10-15-14-7(3)16(10)4/h1-4H3. The van der Waals surface area contributed by atoms with Crippen molar-refractivity contribution in [2.45, 2.75) is 31.0 Å². The Morgan fingerprint density at radius 2 is 1.71 bits per heavy atom. The third-order valence-corrected chi connectivity index (χ3v) is 3.87. The molecule has 0 atom stereocenters. The Labute approximate surface area is 109 Å². The molecule has 2 heterocycles. The molecule has 0 aromatic carbocycles. The summed E-state index contributed by atoms with van der Waals surface area (Å²) in [5.74, 6) is 0.848. The number of nitrogens with zero attached hydrogens (tertiary/aromatic N) is 5. The van der Waals surface area contributed by atoms with Gasteiger partial charge in [-0.3, -0.25) is 0 Å². The Morgan fingerprint density at radius 1 is 1.06 bits per heavy atom. The molecular weight excluding hydrogens is 258 g/mol. The predicted molar refractivity (Wildman–Crippen MR) is 66.4 cm³/mol. The smallest absolute Gasteiger partial charge is 0.197 e. The normalized spacial score (nSPS) is 10.9. The molecule has 2 rings (SSSR count). The zero-order chi connectivity index (χ0) is 12.6. The lowest BCUT2D eigenvalue weighted by atomic mass is 10.4. The van der Waals surface area contributed by atoms with Crippen LogP contribution in [-0.4, -0.2) is 24.7 Å². The van der Waals surface area contributed by atoms with Gasteiger partial charge in [-0.2, -0.15) is 0 Å². The minimum atomic E-state index is 0.402. The topological polar surface area (TPSA) is 56.5 Å². The van der Waals surface area contributed by atoms with E-state index in [0.717, 1.165) is 22.4 Å². The van der Waals surface area contributed by atoms with Crippen molar-refractivity contribution in [1.29, 1.82) is 0 Å². The van der Waals surface area contributed by atoms with Gasteiger partial charge in [-0.05, 0) is 32.5 Å². The molecular formula is C10H12ClN5S. The van der Waals surface area contributed by atoms with E-state index < -0.39 is 0 Å².